The van der Waals surface area contributed by atoms with Gasteiger partial charge in [0.2, 0.25) is 0 Å². The molecule has 1 rings (SSSR count). The Morgan fingerprint density at radius 1 is 1.56 bits per heavy atom. The maximum Gasteiger partial charge on any atom is 0.338 e. The number of ether oxygens (including phenoxy) is 1. The lowest BCUT2D eigenvalue weighted by Crippen LogP contribution is -2.29. The number of carbonyl (C=O) groups excluding carboxylic acids is 1. The SMILES string of the molecule is CCOC(=O)C(O)C(O)c1ccc(N)c(C#N)c1. The molecule has 4 N–H and O–H groups in total. The van der Waals surface area contributed by atoms with Crippen LogP contribution in [0.5, 0.6) is 0 Å². The molecule has 0 amide bonds. The second kappa shape index (κ2) is 6.00. The fraction of sp³-hybridized carbons (Fsp3) is 0.333. The minimum atomic E-state index is -1.69. The highest BCUT2D eigenvalue weighted by atomic mass is 16.5. The van der Waals surface area contributed by atoms with E-state index in [9.17, 15) is 15.0 Å². The van der Waals surface area contributed by atoms with E-state index >= 15 is 0 Å². The minimum absolute atomic E-state index is 0.105. The standard InChI is InChI=1S/C12H14N2O4/c1-2-18-12(17)11(16)10(15)7-3-4-9(14)8(5-7)6-13/h3-5,10-11,15-16H,2,14H2,1H3. The first-order valence-corrected chi connectivity index (χ1v) is 5.33. The molecule has 0 aliphatic carbocycles. The number of nitrogens with zero attached hydrogens (tertiary/aromatic N) is 1. The second-order valence-corrected chi connectivity index (χ2v) is 3.60. The maximum atomic E-state index is 11.3. The number of hydrogen-bond acceptors (Lipinski definition) is 6. The Morgan fingerprint density at radius 2 is 2.22 bits per heavy atom. The predicted octanol–water partition coefficient (Wildman–Crippen LogP) is 0.0979. The Hall–Kier alpha value is -2.10. The number of aliphatic hydroxyl groups excluding tert-OH is 2. The summed E-state index contributed by atoms with van der Waals surface area (Å²) in [5.74, 6) is -0.916. The van der Waals surface area contributed by atoms with Crippen LogP contribution in [-0.2, 0) is 9.53 Å². The van der Waals surface area contributed by atoms with Crippen LogP contribution in [0.3, 0.4) is 0 Å². The molecule has 96 valence electrons. The lowest BCUT2D eigenvalue weighted by atomic mass is 10.0. The van der Waals surface area contributed by atoms with E-state index in [2.05, 4.69) is 4.74 Å². The molecule has 0 heterocycles. The van der Waals surface area contributed by atoms with Crippen molar-refractivity contribution in [2.45, 2.75) is 19.1 Å². The smallest absolute Gasteiger partial charge is 0.338 e. The van der Waals surface area contributed by atoms with Crippen molar-refractivity contribution in [3.8, 4) is 6.07 Å². The molecule has 0 spiro atoms. The van der Waals surface area contributed by atoms with Crippen molar-refractivity contribution >= 4 is 11.7 Å². The number of anilines is 1. The highest BCUT2D eigenvalue weighted by Crippen LogP contribution is 2.22. The van der Waals surface area contributed by atoms with Crippen molar-refractivity contribution in [1.29, 1.82) is 5.26 Å². The topological polar surface area (TPSA) is 117 Å². The second-order valence-electron chi connectivity index (χ2n) is 3.60. The summed E-state index contributed by atoms with van der Waals surface area (Å²) in [5, 5.41) is 28.2. The molecule has 0 fully saturated rings. The molecule has 6 nitrogen and oxygen atoms in total. The van der Waals surface area contributed by atoms with Crippen LogP contribution in [0, 0.1) is 11.3 Å². The summed E-state index contributed by atoms with van der Waals surface area (Å²) < 4.78 is 4.59. The monoisotopic (exact) mass is 250 g/mol. The van der Waals surface area contributed by atoms with Crippen molar-refractivity contribution in [3.05, 3.63) is 29.3 Å². The number of carbonyl (C=O) groups is 1. The molecule has 0 saturated carbocycles. The Balaban J connectivity index is 2.94. The Kier molecular flexibility index (Phi) is 4.66. The zero-order chi connectivity index (χ0) is 13.7. The molecule has 0 radical (unpaired) electrons. The van der Waals surface area contributed by atoms with Crippen LogP contribution < -0.4 is 5.73 Å². The van der Waals surface area contributed by atoms with Crippen molar-refractivity contribution in [2.24, 2.45) is 0 Å². The van der Waals surface area contributed by atoms with E-state index in [1.54, 1.807) is 6.92 Å². The lowest BCUT2D eigenvalue weighted by Gasteiger charge is -2.17. The molecule has 1 aromatic carbocycles. The third kappa shape index (κ3) is 2.97. The molecule has 0 aliphatic heterocycles. The van der Waals surface area contributed by atoms with Crippen LogP contribution in [0.25, 0.3) is 0 Å². The number of aliphatic hydroxyl groups is 2. The summed E-state index contributed by atoms with van der Waals surface area (Å²) in [4.78, 5) is 11.3. The lowest BCUT2D eigenvalue weighted by molar-refractivity contribution is -0.159. The molecule has 0 aliphatic rings. The summed E-state index contributed by atoms with van der Waals surface area (Å²) in [7, 11) is 0. The number of nitrogen functional groups attached to an aromatic ring is 1. The van der Waals surface area contributed by atoms with Gasteiger partial charge in [-0.3, -0.25) is 0 Å². The van der Waals surface area contributed by atoms with E-state index in [0.29, 0.717) is 0 Å². The molecule has 0 bridgehead atoms. The first-order valence-electron chi connectivity index (χ1n) is 5.33. The normalized spacial score (nSPS) is 13.4. The number of nitrogens with two attached hydrogens (primary N) is 1. The van der Waals surface area contributed by atoms with Gasteiger partial charge in [0.1, 0.15) is 12.2 Å². The van der Waals surface area contributed by atoms with Gasteiger partial charge in [0.25, 0.3) is 0 Å². The van der Waals surface area contributed by atoms with Crippen LogP contribution in [0.2, 0.25) is 0 Å². The molecule has 2 unspecified atom stereocenters. The van der Waals surface area contributed by atoms with E-state index < -0.39 is 18.2 Å². The van der Waals surface area contributed by atoms with Gasteiger partial charge in [-0.1, -0.05) is 6.07 Å². The zero-order valence-corrected chi connectivity index (χ0v) is 9.83. The van der Waals surface area contributed by atoms with Crippen molar-refractivity contribution in [3.63, 3.8) is 0 Å². The van der Waals surface area contributed by atoms with Gasteiger partial charge in [-0.15, -0.1) is 0 Å². The summed E-state index contributed by atoms with van der Waals surface area (Å²) in [6.07, 6.45) is -3.16. The van der Waals surface area contributed by atoms with E-state index in [-0.39, 0.29) is 23.4 Å². The number of benzene rings is 1. The Labute approximate surface area is 104 Å². The fourth-order valence-corrected chi connectivity index (χ4v) is 1.39. The third-order valence-electron chi connectivity index (χ3n) is 2.37. The number of nitriles is 1. The number of hydrogen-bond donors (Lipinski definition) is 3. The van der Waals surface area contributed by atoms with E-state index in [1.807, 2.05) is 6.07 Å². The molecular formula is C12H14N2O4. The van der Waals surface area contributed by atoms with Crippen LogP contribution >= 0.6 is 0 Å². The van der Waals surface area contributed by atoms with Crippen molar-refractivity contribution < 1.29 is 19.7 Å². The summed E-state index contributed by atoms with van der Waals surface area (Å²) in [6.45, 7) is 1.70. The number of rotatable bonds is 4. The average molecular weight is 250 g/mol. The zero-order valence-electron chi connectivity index (χ0n) is 9.83. The molecule has 0 aromatic heterocycles. The molecule has 1 aromatic rings. The summed E-state index contributed by atoms with van der Waals surface area (Å²) in [5.41, 5.74) is 6.18. The van der Waals surface area contributed by atoms with E-state index in [1.165, 1.54) is 18.2 Å². The first-order chi connectivity index (χ1) is 8.51. The average Bonchev–Trinajstić information content (AvgIpc) is 2.38. The van der Waals surface area contributed by atoms with Gasteiger partial charge in [-0.25, -0.2) is 4.79 Å². The van der Waals surface area contributed by atoms with Crippen molar-refractivity contribution in [2.75, 3.05) is 12.3 Å². The molecule has 2 atom stereocenters. The van der Waals surface area contributed by atoms with Crippen LogP contribution in [0.1, 0.15) is 24.2 Å². The van der Waals surface area contributed by atoms with Gasteiger partial charge in [-0.05, 0) is 24.6 Å². The van der Waals surface area contributed by atoms with Gasteiger partial charge < -0.3 is 20.7 Å². The predicted molar refractivity (Wildman–Crippen MR) is 63.2 cm³/mol. The van der Waals surface area contributed by atoms with Crippen LogP contribution in [0.4, 0.5) is 5.69 Å². The molecular weight excluding hydrogens is 236 g/mol. The van der Waals surface area contributed by atoms with Crippen molar-refractivity contribution in [1.82, 2.24) is 0 Å². The van der Waals surface area contributed by atoms with E-state index in [4.69, 9.17) is 11.0 Å². The Morgan fingerprint density at radius 3 is 2.78 bits per heavy atom. The molecule has 0 saturated heterocycles. The van der Waals surface area contributed by atoms with Gasteiger partial charge in [0.05, 0.1) is 12.2 Å². The fourth-order valence-electron chi connectivity index (χ4n) is 1.39. The minimum Gasteiger partial charge on any atom is -0.464 e. The molecule has 6 heteroatoms. The van der Waals surface area contributed by atoms with Gasteiger partial charge in [-0.2, -0.15) is 5.26 Å². The maximum absolute atomic E-state index is 11.3. The van der Waals surface area contributed by atoms with Crippen LogP contribution in [-0.4, -0.2) is 28.9 Å². The third-order valence-corrected chi connectivity index (χ3v) is 2.37. The van der Waals surface area contributed by atoms with Gasteiger partial charge in [0, 0.05) is 5.69 Å². The molecule has 18 heavy (non-hydrogen) atoms. The first kappa shape index (κ1) is 14.0. The highest BCUT2D eigenvalue weighted by Gasteiger charge is 2.27. The highest BCUT2D eigenvalue weighted by molar-refractivity contribution is 5.75. The number of esters is 1. The van der Waals surface area contributed by atoms with E-state index in [0.717, 1.165) is 0 Å². The van der Waals surface area contributed by atoms with Gasteiger partial charge in [0.15, 0.2) is 6.10 Å². The van der Waals surface area contributed by atoms with Gasteiger partial charge >= 0.3 is 5.97 Å². The Bertz CT molecular complexity index is 481. The largest absolute Gasteiger partial charge is 0.464 e. The quantitative estimate of drug-likeness (QED) is 0.515. The summed E-state index contributed by atoms with van der Waals surface area (Å²) in [6, 6.07) is 6.03. The van der Waals surface area contributed by atoms with Crippen LogP contribution in [0.15, 0.2) is 18.2 Å². The summed E-state index contributed by atoms with van der Waals surface area (Å²) >= 11 is 0.